The quantitative estimate of drug-likeness (QED) is 0.768. The van der Waals surface area contributed by atoms with E-state index >= 15 is 0 Å². The summed E-state index contributed by atoms with van der Waals surface area (Å²) in [4.78, 5) is 38.2. The third-order valence-corrected chi connectivity index (χ3v) is 4.13. The van der Waals surface area contributed by atoms with Gasteiger partial charge in [0.05, 0.1) is 26.2 Å². The molecule has 2 rings (SSSR count). The lowest BCUT2D eigenvalue weighted by atomic mass is 9.87. The van der Waals surface area contributed by atoms with Crippen LogP contribution in [0.1, 0.15) is 33.8 Å². The highest BCUT2D eigenvalue weighted by atomic mass is 35.5. The Kier molecular flexibility index (Phi) is 5.99. The standard InChI is InChI=1S/C17H15ClFNO6/c1-25-12(21)6-8(13-10(18)4-3-5-11(13)19)14-15(22)9(17(24)26-2)7-20-16(14)23/h3-5,7-8H,6H2,1-2H3,(H2,20,22,23)/t8-/m0/s1. The number of rotatable bonds is 5. The summed E-state index contributed by atoms with van der Waals surface area (Å²) in [5.41, 5.74) is -1.74. The first-order valence-electron chi connectivity index (χ1n) is 7.35. The van der Waals surface area contributed by atoms with Gasteiger partial charge in [-0.2, -0.15) is 0 Å². The molecule has 1 aromatic heterocycles. The van der Waals surface area contributed by atoms with Crippen LogP contribution in [0.3, 0.4) is 0 Å². The maximum atomic E-state index is 14.4. The van der Waals surface area contributed by atoms with Crippen LogP contribution in [0, 0.1) is 5.82 Å². The minimum atomic E-state index is -1.29. The fraction of sp³-hybridized carbons (Fsp3) is 0.235. The van der Waals surface area contributed by atoms with Gasteiger partial charge in [0.25, 0.3) is 5.56 Å². The number of aromatic nitrogens is 1. The van der Waals surface area contributed by atoms with Crippen LogP contribution < -0.4 is 5.56 Å². The van der Waals surface area contributed by atoms with E-state index in [-0.39, 0.29) is 16.1 Å². The molecule has 138 valence electrons. The molecule has 0 saturated carbocycles. The number of carbonyl (C=O) groups is 2. The Morgan fingerprint density at radius 2 is 1.96 bits per heavy atom. The largest absolute Gasteiger partial charge is 0.506 e. The minimum Gasteiger partial charge on any atom is -0.506 e. The smallest absolute Gasteiger partial charge is 0.343 e. The number of carbonyl (C=O) groups excluding carboxylic acids is 2. The van der Waals surface area contributed by atoms with E-state index < -0.39 is 47.0 Å². The SMILES string of the molecule is COC(=O)C[C@@H](c1c(F)cccc1Cl)c1c(O)c(C(=O)OC)c[nH]c1=O. The first-order chi connectivity index (χ1) is 12.3. The number of methoxy groups -OCH3 is 2. The summed E-state index contributed by atoms with van der Waals surface area (Å²) in [6, 6.07) is 3.83. The van der Waals surface area contributed by atoms with Crippen molar-refractivity contribution < 1.29 is 28.6 Å². The molecule has 0 amide bonds. The molecule has 9 heteroatoms. The number of hydrogen-bond donors (Lipinski definition) is 2. The normalized spacial score (nSPS) is 11.7. The molecule has 0 aliphatic carbocycles. The maximum Gasteiger partial charge on any atom is 0.343 e. The lowest BCUT2D eigenvalue weighted by molar-refractivity contribution is -0.140. The molecule has 0 fully saturated rings. The van der Waals surface area contributed by atoms with E-state index in [4.69, 9.17) is 11.6 Å². The van der Waals surface area contributed by atoms with Gasteiger partial charge < -0.3 is 19.6 Å². The van der Waals surface area contributed by atoms with Crippen LogP contribution in [-0.4, -0.2) is 36.2 Å². The predicted octanol–water partition coefficient (Wildman–Crippen LogP) is 2.35. The van der Waals surface area contributed by atoms with E-state index in [0.717, 1.165) is 26.5 Å². The number of hydrogen-bond acceptors (Lipinski definition) is 6. The first kappa shape index (κ1) is 19.5. The van der Waals surface area contributed by atoms with E-state index in [1.165, 1.54) is 12.1 Å². The van der Waals surface area contributed by atoms with Crippen LogP contribution in [0.4, 0.5) is 4.39 Å². The summed E-state index contributed by atoms with van der Waals surface area (Å²) >= 11 is 6.06. The molecule has 0 saturated heterocycles. The van der Waals surface area contributed by atoms with Gasteiger partial charge in [-0.25, -0.2) is 9.18 Å². The number of H-pyrrole nitrogens is 1. The Morgan fingerprint density at radius 3 is 2.54 bits per heavy atom. The molecule has 0 radical (unpaired) electrons. The van der Waals surface area contributed by atoms with E-state index in [2.05, 4.69) is 14.5 Å². The van der Waals surface area contributed by atoms with Crippen molar-refractivity contribution in [3.63, 3.8) is 0 Å². The van der Waals surface area contributed by atoms with Gasteiger partial charge in [-0.15, -0.1) is 0 Å². The molecule has 0 unspecified atom stereocenters. The average Bonchev–Trinajstić information content (AvgIpc) is 2.60. The lowest BCUT2D eigenvalue weighted by Crippen LogP contribution is -2.23. The number of ether oxygens (including phenoxy) is 2. The summed E-state index contributed by atoms with van der Waals surface area (Å²) < 4.78 is 23.5. The van der Waals surface area contributed by atoms with Crippen LogP contribution in [-0.2, 0) is 14.3 Å². The molecular formula is C17H15ClFNO6. The molecule has 0 spiro atoms. The maximum absolute atomic E-state index is 14.4. The van der Waals surface area contributed by atoms with Gasteiger partial charge in [0.1, 0.15) is 17.1 Å². The van der Waals surface area contributed by atoms with Crippen molar-refractivity contribution in [1.29, 1.82) is 0 Å². The highest BCUT2D eigenvalue weighted by molar-refractivity contribution is 6.31. The topological polar surface area (TPSA) is 106 Å². The zero-order valence-corrected chi connectivity index (χ0v) is 14.6. The Bertz CT molecular complexity index is 890. The van der Waals surface area contributed by atoms with Gasteiger partial charge in [0, 0.05) is 22.7 Å². The predicted molar refractivity (Wildman–Crippen MR) is 90.0 cm³/mol. The van der Waals surface area contributed by atoms with Crippen LogP contribution in [0.5, 0.6) is 5.75 Å². The van der Waals surface area contributed by atoms with Crippen molar-refractivity contribution in [3.8, 4) is 5.75 Å². The Hall–Kier alpha value is -2.87. The number of nitrogens with one attached hydrogen (secondary N) is 1. The van der Waals surface area contributed by atoms with E-state index in [1.807, 2.05) is 0 Å². The summed E-state index contributed by atoms with van der Waals surface area (Å²) in [6.45, 7) is 0. The van der Waals surface area contributed by atoms with Crippen molar-refractivity contribution >= 4 is 23.5 Å². The average molecular weight is 384 g/mol. The number of aromatic hydroxyl groups is 1. The summed E-state index contributed by atoms with van der Waals surface area (Å²) in [5.74, 6) is -4.49. The van der Waals surface area contributed by atoms with Crippen molar-refractivity contribution in [2.45, 2.75) is 12.3 Å². The molecule has 7 nitrogen and oxygen atoms in total. The molecular weight excluding hydrogens is 369 g/mol. The second-order valence-corrected chi connectivity index (χ2v) is 5.66. The van der Waals surface area contributed by atoms with Crippen LogP contribution in [0.15, 0.2) is 29.2 Å². The summed E-state index contributed by atoms with van der Waals surface area (Å²) in [6.07, 6.45) is 0.476. The Morgan fingerprint density at radius 1 is 1.27 bits per heavy atom. The van der Waals surface area contributed by atoms with E-state index in [9.17, 15) is 23.9 Å². The fourth-order valence-corrected chi connectivity index (χ4v) is 2.86. The third kappa shape index (κ3) is 3.70. The number of pyridine rings is 1. The fourth-order valence-electron chi connectivity index (χ4n) is 2.57. The molecule has 2 N–H and O–H groups in total. The lowest BCUT2D eigenvalue weighted by Gasteiger charge is -2.20. The van der Waals surface area contributed by atoms with Gasteiger partial charge in [-0.3, -0.25) is 9.59 Å². The zero-order chi connectivity index (χ0) is 19.4. The number of benzene rings is 1. The zero-order valence-electron chi connectivity index (χ0n) is 13.8. The molecule has 1 atom stereocenters. The van der Waals surface area contributed by atoms with Crippen molar-refractivity contribution in [2.75, 3.05) is 14.2 Å². The summed E-state index contributed by atoms with van der Waals surface area (Å²) in [7, 11) is 2.21. The van der Waals surface area contributed by atoms with Crippen LogP contribution in [0.25, 0.3) is 0 Å². The molecule has 0 aliphatic heterocycles. The van der Waals surface area contributed by atoms with Gasteiger partial charge in [-0.1, -0.05) is 17.7 Å². The second-order valence-electron chi connectivity index (χ2n) is 5.25. The van der Waals surface area contributed by atoms with Gasteiger partial charge in [-0.05, 0) is 12.1 Å². The van der Waals surface area contributed by atoms with Crippen molar-refractivity contribution in [1.82, 2.24) is 4.98 Å². The van der Waals surface area contributed by atoms with Gasteiger partial charge in [0.15, 0.2) is 0 Å². The highest BCUT2D eigenvalue weighted by Gasteiger charge is 2.31. The number of esters is 2. The molecule has 1 heterocycles. The van der Waals surface area contributed by atoms with E-state index in [1.54, 1.807) is 0 Å². The Labute approximate surface area is 152 Å². The Balaban J connectivity index is 2.77. The van der Waals surface area contributed by atoms with Crippen LogP contribution in [0.2, 0.25) is 5.02 Å². The number of aromatic amines is 1. The minimum absolute atomic E-state index is 0.0545. The molecule has 0 aliphatic rings. The third-order valence-electron chi connectivity index (χ3n) is 3.80. The molecule has 0 bridgehead atoms. The van der Waals surface area contributed by atoms with Crippen LogP contribution >= 0.6 is 11.6 Å². The van der Waals surface area contributed by atoms with Gasteiger partial charge >= 0.3 is 11.9 Å². The number of halogens is 2. The highest BCUT2D eigenvalue weighted by Crippen LogP contribution is 2.38. The monoisotopic (exact) mass is 383 g/mol. The molecule has 2 aromatic rings. The van der Waals surface area contributed by atoms with Crippen molar-refractivity contribution in [2.24, 2.45) is 0 Å². The summed E-state index contributed by atoms with van der Waals surface area (Å²) in [5, 5.41) is 10.4. The molecule has 1 aromatic carbocycles. The van der Waals surface area contributed by atoms with Crippen molar-refractivity contribution in [3.05, 3.63) is 62.3 Å². The first-order valence-corrected chi connectivity index (χ1v) is 7.73. The van der Waals surface area contributed by atoms with E-state index in [0.29, 0.717) is 0 Å². The second kappa shape index (κ2) is 8.01. The molecule has 26 heavy (non-hydrogen) atoms. The van der Waals surface area contributed by atoms with Gasteiger partial charge in [0.2, 0.25) is 0 Å².